The summed E-state index contributed by atoms with van der Waals surface area (Å²) in [5, 5.41) is 6.27. The number of anilines is 1. The molecule has 0 aromatic heterocycles. The molecule has 20 heavy (non-hydrogen) atoms. The molecule has 1 aromatic rings. The van der Waals surface area contributed by atoms with E-state index in [1.807, 2.05) is 0 Å². The highest BCUT2D eigenvalue weighted by Crippen LogP contribution is 2.32. The van der Waals surface area contributed by atoms with Crippen LogP contribution in [0.25, 0.3) is 0 Å². The Morgan fingerprint density at radius 2 is 2.20 bits per heavy atom. The quantitative estimate of drug-likeness (QED) is 0.864. The van der Waals surface area contributed by atoms with E-state index in [0.29, 0.717) is 12.5 Å². The van der Waals surface area contributed by atoms with E-state index in [1.54, 1.807) is 7.05 Å². The maximum absolute atomic E-state index is 11.5. The van der Waals surface area contributed by atoms with Crippen LogP contribution in [0.1, 0.15) is 37.8 Å². The zero-order chi connectivity index (χ0) is 14.4. The lowest BCUT2D eigenvalue weighted by molar-refractivity contribution is -0.120. The van der Waals surface area contributed by atoms with E-state index in [9.17, 15) is 4.79 Å². The second-order valence-electron chi connectivity index (χ2n) is 5.22. The molecule has 1 heterocycles. The molecule has 1 atom stereocenters. The lowest BCUT2D eigenvalue weighted by Crippen LogP contribution is -2.30. The zero-order valence-electron chi connectivity index (χ0n) is 12.5. The van der Waals surface area contributed by atoms with Crippen LogP contribution in [-0.4, -0.2) is 32.6 Å². The molecular weight excluding hydrogens is 250 g/mol. The van der Waals surface area contributed by atoms with Gasteiger partial charge in [0.05, 0.1) is 0 Å². The summed E-state index contributed by atoms with van der Waals surface area (Å²) in [6.45, 7) is 4.94. The molecule has 2 rings (SSSR count). The summed E-state index contributed by atoms with van der Waals surface area (Å²) in [6.07, 6.45) is 2.86. The molecule has 2 N–H and O–H groups in total. The van der Waals surface area contributed by atoms with Crippen LogP contribution < -0.4 is 15.5 Å². The first-order chi connectivity index (χ1) is 9.76. The average Bonchev–Trinajstić information content (AvgIpc) is 2.65. The highest BCUT2D eigenvalue weighted by atomic mass is 16.1. The molecule has 0 spiro atoms. The Balaban J connectivity index is 2.17. The monoisotopic (exact) mass is 275 g/mol. The van der Waals surface area contributed by atoms with Gasteiger partial charge in [-0.3, -0.25) is 4.79 Å². The summed E-state index contributed by atoms with van der Waals surface area (Å²) in [5.41, 5.74) is 2.64. The molecule has 0 saturated carbocycles. The Hall–Kier alpha value is -1.55. The van der Waals surface area contributed by atoms with Gasteiger partial charge in [0.2, 0.25) is 5.91 Å². The molecule has 1 aliphatic rings. The molecule has 4 nitrogen and oxygen atoms in total. The van der Waals surface area contributed by atoms with E-state index in [1.165, 1.54) is 11.3 Å². The fourth-order valence-electron chi connectivity index (χ4n) is 2.88. The molecule has 0 bridgehead atoms. The number of carbonyl (C=O) groups is 1. The van der Waals surface area contributed by atoms with Crippen LogP contribution >= 0.6 is 0 Å². The number of fused-ring (bicyclic) bond motifs is 1. The van der Waals surface area contributed by atoms with Crippen LogP contribution in [-0.2, 0) is 4.79 Å². The van der Waals surface area contributed by atoms with Gasteiger partial charge in [-0.15, -0.1) is 0 Å². The third-order valence-corrected chi connectivity index (χ3v) is 3.91. The third kappa shape index (κ3) is 3.51. The molecular formula is C16H25N3O. The van der Waals surface area contributed by atoms with Crippen LogP contribution in [0.4, 0.5) is 5.69 Å². The zero-order valence-corrected chi connectivity index (χ0v) is 12.5. The van der Waals surface area contributed by atoms with Gasteiger partial charge in [-0.1, -0.05) is 25.1 Å². The van der Waals surface area contributed by atoms with Gasteiger partial charge in [0.1, 0.15) is 0 Å². The fraction of sp³-hybridized carbons (Fsp3) is 0.562. The summed E-state index contributed by atoms with van der Waals surface area (Å²) in [7, 11) is 1.69. The normalized spacial score (nSPS) is 18.3. The largest absolute Gasteiger partial charge is 0.371 e. The van der Waals surface area contributed by atoms with Crippen LogP contribution in [0.5, 0.6) is 0 Å². The topological polar surface area (TPSA) is 44.4 Å². The van der Waals surface area contributed by atoms with Gasteiger partial charge in [0, 0.05) is 38.3 Å². The smallest absolute Gasteiger partial charge is 0.221 e. The van der Waals surface area contributed by atoms with Gasteiger partial charge in [-0.05, 0) is 31.0 Å². The van der Waals surface area contributed by atoms with Crippen molar-refractivity contribution in [3.05, 3.63) is 29.8 Å². The standard InChI is InChI=1S/C16H25N3O/c1-3-18-14-8-6-11-19(12-10-16(20)17-2)15-9-5-4-7-13(14)15/h4-5,7,9,14,18H,3,6,8,10-12H2,1-2H3,(H,17,20). The number of rotatable bonds is 5. The molecule has 0 aliphatic carbocycles. The van der Waals surface area contributed by atoms with Crippen molar-refractivity contribution >= 4 is 11.6 Å². The predicted molar refractivity (Wildman–Crippen MR) is 83.0 cm³/mol. The molecule has 0 saturated heterocycles. The Bertz CT molecular complexity index is 447. The molecule has 1 aliphatic heterocycles. The Kier molecular flexibility index (Phi) is 5.41. The van der Waals surface area contributed by atoms with Crippen molar-refractivity contribution in [3.63, 3.8) is 0 Å². The third-order valence-electron chi connectivity index (χ3n) is 3.91. The van der Waals surface area contributed by atoms with E-state index < -0.39 is 0 Å². The number of carbonyl (C=O) groups excluding carboxylic acids is 1. The van der Waals surface area contributed by atoms with Gasteiger partial charge in [-0.2, -0.15) is 0 Å². The van der Waals surface area contributed by atoms with Crippen LogP contribution in [0.15, 0.2) is 24.3 Å². The first-order valence-corrected chi connectivity index (χ1v) is 7.54. The first kappa shape index (κ1) is 14.9. The average molecular weight is 275 g/mol. The van der Waals surface area contributed by atoms with E-state index in [2.05, 4.69) is 46.7 Å². The van der Waals surface area contributed by atoms with Gasteiger partial charge in [-0.25, -0.2) is 0 Å². The van der Waals surface area contributed by atoms with Crippen molar-refractivity contribution in [2.75, 3.05) is 31.6 Å². The minimum Gasteiger partial charge on any atom is -0.371 e. The van der Waals surface area contributed by atoms with Crippen molar-refractivity contribution < 1.29 is 4.79 Å². The first-order valence-electron chi connectivity index (χ1n) is 7.54. The molecule has 1 aromatic carbocycles. The minimum absolute atomic E-state index is 0.106. The number of amides is 1. The highest BCUT2D eigenvalue weighted by molar-refractivity contribution is 5.76. The molecule has 4 heteroatoms. The second-order valence-corrected chi connectivity index (χ2v) is 5.22. The van der Waals surface area contributed by atoms with Gasteiger partial charge < -0.3 is 15.5 Å². The lowest BCUT2D eigenvalue weighted by Gasteiger charge is -2.25. The summed E-state index contributed by atoms with van der Waals surface area (Å²) in [6, 6.07) is 9.00. The van der Waals surface area contributed by atoms with Crippen LogP contribution in [0.2, 0.25) is 0 Å². The number of hydrogen-bond acceptors (Lipinski definition) is 3. The Labute approximate surface area is 121 Å². The van der Waals surface area contributed by atoms with Crippen molar-refractivity contribution in [1.29, 1.82) is 0 Å². The van der Waals surface area contributed by atoms with Gasteiger partial charge >= 0.3 is 0 Å². The highest BCUT2D eigenvalue weighted by Gasteiger charge is 2.21. The minimum atomic E-state index is 0.106. The Morgan fingerprint density at radius 3 is 2.95 bits per heavy atom. The van der Waals surface area contributed by atoms with E-state index in [0.717, 1.165) is 32.5 Å². The van der Waals surface area contributed by atoms with Gasteiger partial charge in [0.25, 0.3) is 0 Å². The fourth-order valence-corrected chi connectivity index (χ4v) is 2.88. The van der Waals surface area contributed by atoms with Crippen molar-refractivity contribution in [2.24, 2.45) is 0 Å². The summed E-state index contributed by atoms with van der Waals surface area (Å²) >= 11 is 0. The number of para-hydroxylation sites is 1. The molecule has 1 amide bonds. The van der Waals surface area contributed by atoms with Crippen LogP contribution in [0, 0.1) is 0 Å². The molecule has 110 valence electrons. The Morgan fingerprint density at radius 1 is 1.40 bits per heavy atom. The maximum Gasteiger partial charge on any atom is 0.221 e. The summed E-state index contributed by atoms with van der Waals surface area (Å²) < 4.78 is 0. The van der Waals surface area contributed by atoms with E-state index >= 15 is 0 Å². The number of nitrogens with one attached hydrogen (secondary N) is 2. The van der Waals surface area contributed by atoms with Crippen molar-refractivity contribution in [1.82, 2.24) is 10.6 Å². The summed E-state index contributed by atoms with van der Waals surface area (Å²) in [4.78, 5) is 13.8. The SMILES string of the molecule is CCNC1CCCN(CCC(=O)NC)c2ccccc21. The predicted octanol–water partition coefficient (Wildman–Crippen LogP) is 2.07. The second kappa shape index (κ2) is 7.29. The molecule has 1 unspecified atom stereocenters. The molecule has 0 fully saturated rings. The van der Waals surface area contributed by atoms with E-state index in [-0.39, 0.29) is 5.91 Å². The summed E-state index contributed by atoms with van der Waals surface area (Å²) in [5.74, 6) is 0.106. The molecule has 0 radical (unpaired) electrons. The number of benzene rings is 1. The maximum atomic E-state index is 11.5. The van der Waals surface area contributed by atoms with Gasteiger partial charge in [0.15, 0.2) is 0 Å². The van der Waals surface area contributed by atoms with Crippen LogP contribution in [0.3, 0.4) is 0 Å². The number of nitrogens with zero attached hydrogens (tertiary/aromatic N) is 1. The van der Waals surface area contributed by atoms with Crippen molar-refractivity contribution in [3.8, 4) is 0 Å². The lowest BCUT2D eigenvalue weighted by atomic mass is 10.0. The number of hydrogen-bond donors (Lipinski definition) is 2. The van der Waals surface area contributed by atoms with E-state index in [4.69, 9.17) is 0 Å². The van der Waals surface area contributed by atoms with Crippen molar-refractivity contribution in [2.45, 2.75) is 32.2 Å².